The molecule has 1 N–H and O–H groups in total. The van der Waals surface area contributed by atoms with E-state index in [0.717, 1.165) is 18.5 Å². The molecule has 1 aliphatic rings. The van der Waals surface area contributed by atoms with Gasteiger partial charge < -0.3 is 9.47 Å². The van der Waals surface area contributed by atoms with Crippen LogP contribution in [-0.2, 0) is 6.54 Å². The molecule has 0 aliphatic carbocycles. The maximum Gasteiger partial charge on any atom is 0.256 e. The summed E-state index contributed by atoms with van der Waals surface area (Å²) >= 11 is 0. The minimum Gasteiger partial charge on any atom is -0.348 e. The topological polar surface area (TPSA) is 66.8 Å². The maximum absolute atomic E-state index is 13.0. The lowest BCUT2D eigenvalue weighted by Crippen LogP contribution is -2.41. The third kappa shape index (κ3) is 1.83. The van der Waals surface area contributed by atoms with Gasteiger partial charge in [0.1, 0.15) is 11.0 Å². The normalized spacial score (nSPS) is 17.7. The third-order valence-electron chi connectivity index (χ3n) is 4.39. The Morgan fingerprint density at radius 1 is 1.27 bits per heavy atom. The Labute approximate surface area is 127 Å². The SMILES string of the molecule is CC[C@@H]1c2cccn2CCN1C(=O)c1cccc2n[nH]nc12. The van der Waals surface area contributed by atoms with Crippen molar-refractivity contribution in [3.05, 3.63) is 47.8 Å². The van der Waals surface area contributed by atoms with Crippen molar-refractivity contribution in [2.45, 2.75) is 25.9 Å². The van der Waals surface area contributed by atoms with Gasteiger partial charge in [0.15, 0.2) is 0 Å². The van der Waals surface area contributed by atoms with E-state index in [9.17, 15) is 4.79 Å². The Morgan fingerprint density at radius 3 is 3.05 bits per heavy atom. The maximum atomic E-state index is 13.0. The van der Waals surface area contributed by atoms with Crippen LogP contribution >= 0.6 is 0 Å². The second-order valence-electron chi connectivity index (χ2n) is 5.55. The van der Waals surface area contributed by atoms with Crippen LogP contribution in [-0.4, -0.2) is 37.3 Å². The highest BCUT2D eigenvalue weighted by Crippen LogP contribution is 2.30. The molecule has 6 nitrogen and oxygen atoms in total. The molecule has 0 saturated carbocycles. The highest BCUT2D eigenvalue weighted by atomic mass is 16.2. The van der Waals surface area contributed by atoms with Gasteiger partial charge in [-0.2, -0.15) is 15.4 Å². The summed E-state index contributed by atoms with van der Waals surface area (Å²) in [5, 5.41) is 10.8. The Kier molecular flexibility index (Phi) is 2.96. The fourth-order valence-corrected chi connectivity index (χ4v) is 3.33. The van der Waals surface area contributed by atoms with Crippen LogP contribution in [0.15, 0.2) is 36.5 Å². The Morgan fingerprint density at radius 2 is 2.18 bits per heavy atom. The van der Waals surface area contributed by atoms with E-state index in [1.807, 2.05) is 29.2 Å². The molecule has 1 amide bonds. The first-order valence-electron chi connectivity index (χ1n) is 7.55. The number of nitrogens with zero attached hydrogens (tertiary/aromatic N) is 4. The van der Waals surface area contributed by atoms with Crippen LogP contribution in [0.3, 0.4) is 0 Å². The highest BCUT2D eigenvalue weighted by Gasteiger charge is 2.31. The summed E-state index contributed by atoms with van der Waals surface area (Å²) in [7, 11) is 0. The van der Waals surface area contributed by atoms with E-state index in [4.69, 9.17) is 0 Å². The quantitative estimate of drug-likeness (QED) is 0.789. The van der Waals surface area contributed by atoms with Gasteiger partial charge in [0.2, 0.25) is 0 Å². The first-order valence-corrected chi connectivity index (χ1v) is 7.55. The summed E-state index contributed by atoms with van der Waals surface area (Å²) in [6.45, 7) is 3.66. The average molecular weight is 295 g/mol. The van der Waals surface area contributed by atoms with Crippen molar-refractivity contribution in [2.75, 3.05) is 6.54 Å². The van der Waals surface area contributed by atoms with Crippen LogP contribution in [0.1, 0.15) is 35.4 Å². The van der Waals surface area contributed by atoms with E-state index < -0.39 is 0 Å². The largest absolute Gasteiger partial charge is 0.348 e. The molecule has 1 atom stereocenters. The van der Waals surface area contributed by atoms with Crippen LogP contribution in [0.5, 0.6) is 0 Å². The van der Waals surface area contributed by atoms with Crippen LogP contribution in [0, 0.1) is 0 Å². The Balaban J connectivity index is 1.75. The van der Waals surface area contributed by atoms with Crippen molar-refractivity contribution in [3.8, 4) is 0 Å². The number of aromatic amines is 1. The summed E-state index contributed by atoms with van der Waals surface area (Å²) in [6.07, 6.45) is 2.97. The Hall–Kier alpha value is -2.63. The second-order valence-corrected chi connectivity index (χ2v) is 5.55. The fraction of sp³-hybridized carbons (Fsp3) is 0.312. The van der Waals surface area contributed by atoms with Gasteiger partial charge in [-0.25, -0.2) is 0 Å². The number of nitrogens with one attached hydrogen (secondary N) is 1. The van der Waals surface area contributed by atoms with E-state index in [-0.39, 0.29) is 11.9 Å². The molecule has 1 aromatic carbocycles. The number of aromatic nitrogens is 4. The summed E-state index contributed by atoms with van der Waals surface area (Å²) in [4.78, 5) is 15.0. The minimum absolute atomic E-state index is 0.0267. The van der Waals surface area contributed by atoms with E-state index in [1.54, 1.807) is 0 Å². The monoisotopic (exact) mass is 295 g/mol. The lowest BCUT2D eigenvalue weighted by atomic mass is 10.0. The molecular weight excluding hydrogens is 278 g/mol. The number of H-pyrrole nitrogens is 1. The van der Waals surface area contributed by atoms with E-state index in [0.29, 0.717) is 17.6 Å². The molecule has 112 valence electrons. The number of rotatable bonds is 2. The number of hydrogen-bond donors (Lipinski definition) is 1. The minimum atomic E-state index is 0.0267. The van der Waals surface area contributed by atoms with Crippen LogP contribution in [0.4, 0.5) is 0 Å². The first kappa shape index (κ1) is 13.1. The van der Waals surface area contributed by atoms with Gasteiger partial charge in [0, 0.05) is 25.0 Å². The number of carbonyl (C=O) groups is 1. The van der Waals surface area contributed by atoms with Gasteiger partial charge in [0.05, 0.1) is 11.6 Å². The molecule has 4 rings (SSSR count). The van der Waals surface area contributed by atoms with Crippen molar-refractivity contribution in [3.63, 3.8) is 0 Å². The molecule has 6 heteroatoms. The molecule has 3 heterocycles. The molecule has 0 bridgehead atoms. The van der Waals surface area contributed by atoms with Gasteiger partial charge >= 0.3 is 0 Å². The summed E-state index contributed by atoms with van der Waals surface area (Å²) in [5.74, 6) is 0.0267. The second kappa shape index (κ2) is 4.98. The highest BCUT2D eigenvalue weighted by molar-refractivity contribution is 6.04. The van der Waals surface area contributed by atoms with Gasteiger partial charge in [-0.1, -0.05) is 13.0 Å². The van der Waals surface area contributed by atoms with Crippen molar-refractivity contribution >= 4 is 16.9 Å². The van der Waals surface area contributed by atoms with E-state index >= 15 is 0 Å². The lowest BCUT2D eigenvalue weighted by Gasteiger charge is -2.36. The zero-order chi connectivity index (χ0) is 15.1. The molecule has 0 saturated heterocycles. The molecule has 0 spiro atoms. The predicted octanol–water partition coefficient (Wildman–Crippen LogP) is 2.37. The number of benzene rings is 1. The van der Waals surface area contributed by atoms with Crippen molar-refractivity contribution in [1.29, 1.82) is 0 Å². The van der Waals surface area contributed by atoms with Crippen LogP contribution in [0.25, 0.3) is 11.0 Å². The first-order chi connectivity index (χ1) is 10.8. The average Bonchev–Trinajstić information content (AvgIpc) is 3.21. The summed E-state index contributed by atoms with van der Waals surface area (Å²) in [5.41, 5.74) is 3.18. The van der Waals surface area contributed by atoms with Crippen molar-refractivity contribution < 1.29 is 4.79 Å². The molecule has 0 unspecified atom stereocenters. The molecular formula is C16H17N5O. The predicted molar refractivity (Wildman–Crippen MR) is 82.4 cm³/mol. The summed E-state index contributed by atoms with van der Waals surface area (Å²) in [6, 6.07) is 9.79. The molecule has 0 fully saturated rings. The molecule has 1 aliphatic heterocycles. The number of amides is 1. The van der Waals surface area contributed by atoms with Crippen LogP contribution < -0.4 is 0 Å². The van der Waals surface area contributed by atoms with Gasteiger partial charge in [-0.05, 0) is 30.7 Å². The van der Waals surface area contributed by atoms with Gasteiger partial charge in [-0.15, -0.1) is 0 Å². The zero-order valence-electron chi connectivity index (χ0n) is 12.4. The van der Waals surface area contributed by atoms with Crippen LogP contribution in [0.2, 0.25) is 0 Å². The van der Waals surface area contributed by atoms with Crippen molar-refractivity contribution in [1.82, 2.24) is 24.9 Å². The molecule has 0 radical (unpaired) electrons. The molecule has 3 aromatic rings. The number of carbonyl (C=O) groups excluding carboxylic acids is 1. The third-order valence-corrected chi connectivity index (χ3v) is 4.39. The van der Waals surface area contributed by atoms with Crippen molar-refractivity contribution in [2.24, 2.45) is 0 Å². The molecule has 2 aromatic heterocycles. The molecule has 22 heavy (non-hydrogen) atoms. The van der Waals surface area contributed by atoms with Gasteiger partial charge in [-0.3, -0.25) is 4.79 Å². The lowest BCUT2D eigenvalue weighted by molar-refractivity contribution is 0.0619. The standard InChI is InChI=1S/C16H17N5O/c1-2-13-14-7-4-8-20(14)9-10-21(13)16(22)11-5-3-6-12-15(11)18-19-17-12/h3-8,13H,2,9-10H2,1H3,(H,17,18,19)/t13-/m1/s1. The number of para-hydroxylation sites is 1. The van der Waals surface area contributed by atoms with E-state index in [2.05, 4.69) is 39.2 Å². The Bertz CT molecular complexity index is 834. The zero-order valence-corrected chi connectivity index (χ0v) is 12.4. The number of fused-ring (bicyclic) bond motifs is 2. The smallest absolute Gasteiger partial charge is 0.256 e. The van der Waals surface area contributed by atoms with E-state index in [1.165, 1.54) is 5.69 Å². The fourth-order valence-electron chi connectivity index (χ4n) is 3.33. The number of hydrogen-bond acceptors (Lipinski definition) is 3. The summed E-state index contributed by atoms with van der Waals surface area (Å²) < 4.78 is 2.23. The van der Waals surface area contributed by atoms with Gasteiger partial charge in [0.25, 0.3) is 5.91 Å².